The number of carbonyl (C=O) groups excluding carboxylic acids is 2. The topological polar surface area (TPSA) is 96.9 Å². The molecule has 1 aromatic heterocycles. The summed E-state index contributed by atoms with van der Waals surface area (Å²) in [5, 5.41) is 10.3. The molecule has 0 unspecified atom stereocenters. The van der Waals surface area contributed by atoms with Crippen LogP contribution in [0.4, 0.5) is 30.4 Å². The number of morpholine rings is 1. The number of rotatable bonds is 6. The van der Waals surface area contributed by atoms with Crippen LogP contribution >= 0.6 is 0 Å². The number of nitrogens with zero attached hydrogens (tertiary/aromatic N) is 4. The number of amides is 1. The Morgan fingerprint density at radius 3 is 2.38 bits per heavy atom. The fourth-order valence-corrected chi connectivity index (χ4v) is 3.83. The van der Waals surface area contributed by atoms with E-state index in [1.165, 1.54) is 12.1 Å². The van der Waals surface area contributed by atoms with Gasteiger partial charge in [-0.3, -0.25) is 4.79 Å². The highest BCUT2D eigenvalue weighted by Crippen LogP contribution is 2.35. The van der Waals surface area contributed by atoms with E-state index >= 15 is 0 Å². The Kier molecular flexibility index (Phi) is 7.15. The van der Waals surface area contributed by atoms with Crippen LogP contribution in [0.3, 0.4) is 0 Å². The lowest BCUT2D eigenvalue weighted by Crippen LogP contribution is -2.37. The second-order valence-electron chi connectivity index (χ2n) is 7.92. The molecule has 1 aromatic carbocycles. The zero-order chi connectivity index (χ0) is 24.1. The van der Waals surface area contributed by atoms with E-state index in [-0.39, 0.29) is 11.4 Å². The summed E-state index contributed by atoms with van der Waals surface area (Å²) in [5.74, 6) is -0.969. The number of aromatic nitrogens is 2. The lowest BCUT2D eigenvalue weighted by atomic mass is 10.1. The van der Waals surface area contributed by atoms with Gasteiger partial charge in [-0.05, 0) is 43.2 Å². The monoisotopic (exact) mass is 479 g/mol. The van der Waals surface area contributed by atoms with Crippen LogP contribution in [-0.2, 0) is 20.4 Å². The predicted octanol–water partition coefficient (Wildman–Crippen LogP) is 2.73. The Hall–Kier alpha value is -3.41. The maximum Gasteiger partial charge on any atom is 0.416 e. The number of carbonyl (C=O) groups is 2. The van der Waals surface area contributed by atoms with Gasteiger partial charge in [0.05, 0.1) is 30.2 Å². The first-order valence-electron chi connectivity index (χ1n) is 10.9. The van der Waals surface area contributed by atoms with Gasteiger partial charge in [-0.2, -0.15) is 13.2 Å². The highest BCUT2D eigenvalue weighted by atomic mass is 19.4. The van der Waals surface area contributed by atoms with Gasteiger partial charge < -0.3 is 24.6 Å². The van der Waals surface area contributed by atoms with Crippen molar-refractivity contribution in [2.75, 3.05) is 61.1 Å². The van der Waals surface area contributed by atoms with E-state index in [1.54, 1.807) is 6.07 Å². The summed E-state index contributed by atoms with van der Waals surface area (Å²) in [6.07, 6.45) is -2.44. The first-order chi connectivity index (χ1) is 16.3. The Bertz CT molecular complexity index is 1020. The average Bonchev–Trinajstić information content (AvgIpc) is 3.38. The van der Waals surface area contributed by atoms with E-state index < -0.39 is 30.2 Å². The third kappa shape index (κ3) is 5.74. The molecule has 0 spiro atoms. The zero-order valence-electron chi connectivity index (χ0n) is 18.3. The Balaban J connectivity index is 1.40. The molecule has 9 nitrogen and oxygen atoms in total. The van der Waals surface area contributed by atoms with Crippen LogP contribution < -0.4 is 15.1 Å². The number of nitrogens with one attached hydrogen (secondary N) is 1. The third-order valence-corrected chi connectivity index (χ3v) is 5.57. The molecule has 12 heteroatoms. The second-order valence-corrected chi connectivity index (χ2v) is 7.92. The van der Waals surface area contributed by atoms with Gasteiger partial charge >= 0.3 is 12.1 Å². The SMILES string of the molecule is O=C(COC(=O)c1ccc(N2CCCC2)nn1)Nc1cc(C(F)(F)F)ccc1N1CCOCC1. The van der Waals surface area contributed by atoms with Crippen molar-refractivity contribution in [3.8, 4) is 0 Å². The highest BCUT2D eigenvalue weighted by Gasteiger charge is 2.32. The zero-order valence-corrected chi connectivity index (χ0v) is 18.3. The number of anilines is 3. The molecule has 4 rings (SSSR count). The quantitative estimate of drug-likeness (QED) is 0.632. The predicted molar refractivity (Wildman–Crippen MR) is 117 cm³/mol. The summed E-state index contributed by atoms with van der Waals surface area (Å²) in [5.41, 5.74) is -0.555. The van der Waals surface area contributed by atoms with Crippen molar-refractivity contribution in [3.05, 3.63) is 41.6 Å². The van der Waals surface area contributed by atoms with Crippen molar-refractivity contribution < 1.29 is 32.2 Å². The van der Waals surface area contributed by atoms with Crippen LogP contribution in [0.25, 0.3) is 0 Å². The second kappa shape index (κ2) is 10.2. The molecular formula is C22H24F3N5O4. The minimum Gasteiger partial charge on any atom is -0.451 e. The van der Waals surface area contributed by atoms with Gasteiger partial charge in [0.2, 0.25) is 0 Å². The lowest BCUT2D eigenvalue weighted by Gasteiger charge is -2.31. The molecule has 2 aromatic rings. The van der Waals surface area contributed by atoms with Crippen molar-refractivity contribution in [2.24, 2.45) is 0 Å². The van der Waals surface area contributed by atoms with E-state index in [0.29, 0.717) is 37.8 Å². The Morgan fingerprint density at radius 2 is 1.74 bits per heavy atom. The summed E-state index contributed by atoms with van der Waals surface area (Å²) in [4.78, 5) is 28.5. The summed E-state index contributed by atoms with van der Waals surface area (Å²) in [6, 6.07) is 6.27. The number of hydrogen-bond acceptors (Lipinski definition) is 8. The van der Waals surface area contributed by atoms with Crippen LogP contribution in [0.5, 0.6) is 0 Å². The maximum absolute atomic E-state index is 13.2. The van der Waals surface area contributed by atoms with Crippen LogP contribution in [0.2, 0.25) is 0 Å². The van der Waals surface area contributed by atoms with E-state index in [4.69, 9.17) is 9.47 Å². The molecule has 3 heterocycles. The molecule has 2 fully saturated rings. The molecule has 34 heavy (non-hydrogen) atoms. The first kappa shape index (κ1) is 23.7. The number of esters is 1. The summed E-state index contributed by atoms with van der Waals surface area (Å²) >= 11 is 0. The fraction of sp³-hybridized carbons (Fsp3) is 0.455. The van der Waals surface area contributed by atoms with Gasteiger partial charge in [-0.15, -0.1) is 10.2 Å². The average molecular weight is 479 g/mol. The van der Waals surface area contributed by atoms with E-state index in [0.717, 1.165) is 38.1 Å². The third-order valence-electron chi connectivity index (χ3n) is 5.57. The van der Waals surface area contributed by atoms with Gasteiger partial charge in [0.25, 0.3) is 5.91 Å². The van der Waals surface area contributed by atoms with Gasteiger partial charge in [0.1, 0.15) is 0 Å². The normalized spacial score (nSPS) is 16.4. The number of alkyl halides is 3. The largest absolute Gasteiger partial charge is 0.451 e. The van der Waals surface area contributed by atoms with Gasteiger partial charge in [0, 0.05) is 26.2 Å². The van der Waals surface area contributed by atoms with Crippen molar-refractivity contribution in [2.45, 2.75) is 19.0 Å². The summed E-state index contributed by atoms with van der Waals surface area (Å²) < 4.78 is 49.9. The van der Waals surface area contributed by atoms with Crippen molar-refractivity contribution >= 4 is 29.1 Å². The molecule has 2 saturated heterocycles. The molecule has 2 aliphatic heterocycles. The smallest absolute Gasteiger partial charge is 0.416 e. The fourth-order valence-electron chi connectivity index (χ4n) is 3.83. The van der Waals surface area contributed by atoms with Crippen LogP contribution in [0, 0.1) is 0 Å². The van der Waals surface area contributed by atoms with Gasteiger partial charge in [-0.25, -0.2) is 4.79 Å². The number of benzene rings is 1. The van der Waals surface area contributed by atoms with Crippen LogP contribution in [0.15, 0.2) is 30.3 Å². The first-order valence-corrected chi connectivity index (χ1v) is 10.9. The molecular weight excluding hydrogens is 455 g/mol. The molecule has 0 saturated carbocycles. The number of hydrogen-bond donors (Lipinski definition) is 1. The highest BCUT2D eigenvalue weighted by molar-refractivity contribution is 5.97. The maximum atomic E-state index is 13.2. The molecule has 0 aliphatic carbocycles. The molecule has 0 bridgehead atoms. The molecule has 1 N–H and O–H groups in total. The summed E-state index contributed by atoms with van der Waals surface area (Å²) in [7, 11) is 0. The van der Waals surface area contributed by atoms with Crippen LogP contribution in [0.1, 0.15) is 28.9 Å². The molecule has 0 atom stereocenters. The van der Waals surface area contributed by atoms with Gasteiger partial charge in [0.15, 0.2) is 18.1 Å². The minimum absolute atomic E-state index is 0.0208. The van der Waals surface area contributed by atoms with E-state index in [2.05, 4.69) is 20.4 Å². The minimum atomic E-state index is -4.57. The van der Waals surface area contributed by atoms with Crippen molar-refractivity contribution in [3.63, 3.8) is 0 Å². The van der Waals surface area contributed by atoms with Crippen molar-refractivity contribution in [1.29, 1.82) is 0 Å². The molecule has 182 valence electrons. The lowest BCUT2D eigenvalue weighted by molar-refractivity contribution is -0.137. The molecule has 2 aliphatic rings. The van der Waals surface area contributed by atoms with E-state index in [1.807, 2.05) is 4.90 Å². The van der Waals surface area contributed by atoms with E-state index in [9.17, 15) is 22.8 Å². The Labute approximate surface area is 193 Å². The van der Waals surface area contributed by atoms with Crippen LogP contribution in [-0.4, -0.2) is 68.1 Å². The summed E-state index contributed by atoms with van der Waals surface area (Å²) in [6.45, 7) is 2.84. The Morgan fingerprint density at radius 1 is 1.00 bits per heavy atom. The van der Waals surface area contributed by atoms with Crippen molar-refractivity contribution in [1.82, 2.24) is 10.2 Å². The number of halogens is 3. The van der Waals surface area contributed by atoms with Gasteiger partial charge in [-0.1, -0.05) is 0 Å². The standard InChI is InChI=1S/C22H24F3N5O4/c23-22(24,25)15-3-5-18(29-9-11-33-12-10-29)17(13-15)26-20(31)14-34-21(32)16-4-6-19(28-27-16)30-7-1-2-8-30/h3-6,13H,1-2,7-12,14H2,(H,26,31). The number of ether oxygens (including phenoxy) is 2. The molecule has 0 radical (unpaired) electrons. The molecule has 1 amide bonds.